The number of nitrogens with zero attached hydrogens (tertiary/aromatic N) is 1. The molecule has 0 bridgehead atoms. The number of rotatable bonds is 5. The Hall–Kier alpha value is -1.39. The summed E-state index contributed by atoms with van der Waals surface area (Å²) in [6.07, 6.45) is 0.973. The Morgan fingerprint density at radius 2 is 2.25 bits per heavy atom. The summed E-state index contributed by atoms with van der Waals surface area (Å²) in [5, 5.41) is 3.64. The average molecular weight is 310 g/mol. The van der Waals surface area contributed by atoms with Gasteiger partial charge in [-0.25, -0.2) is 4.98 Å². The number of benzene rings is 1. The highest BCUT2D eigenvalue weighted by molar-refractivity contribution is 7.13. The van der Waals surface area contributed by atoms with Crippen LogP contribution in [0.4, 0.5) is 0 Å². The van der Waals surface area contributed by atoms with E-state index in [2.05, 4.69) is 4.98 Å². The highest BCUT2D eigenvalue weighted by Crippen LogP contribution is 2.28. The normalized spacial score (nSPS) is 10.6. The van der Waals surface area contributed by atoms with Crippen molar-refractivity contribution < 1.29 is 9.53 Å². The maximum absolute atomic E-state index is 11.3. The highest BCUT2D eigenvalue weighted by Gasteiger charge is 2.08. The molecule has 106 valence electrons. The van der Waals surface area contributed by atoms with E-state index in [0.29, 0.717) is 19.4 Å². The van der Waals surface area contributed by atoms with Gasteiger partial charge in [0.25, 0.3) is 0 Å². The van der Waals surface area contributed by atoms with Gasteiger partial charge in [-0.05, 0) is 25.5 Å². The monoisotopic (exact) mass is 309 g/mol. The lowest BCUT2D eigenvalue weighted by Gasteiger charge is -2.01. The number of carbonyl (C=O) groups excluding carboxylic acids is 1. The predicted molar refractivity (Wildman–Crippen MR) is 82.3 cm³/mol. The molecule has 0 aliphatic carbocycles. The summed E-state index contributed by atoms with van der Waals surface area (Å²) in [6.45, 7) is 4.20. The zero-order valence-electron chi connectivity index (χ0n) is 11.5. The fourth-order valence-corrected chi connectivity index (χ4v) is 2.78. The zero-order valence-corrected chi connectivity index (χ0v) is 13.1. The van der Waals surface area contributed by atoms with Crippen LogP contribution in [-0.4, -0.2) is 17.6 Å². The summed E-state index contributed by atoms with van der Waals surface area (Å²) in [5.41, 5.74) is 2.97. The van der Waals surface area contributed by atoms with Crippen LogP contribution in [0, 0.1) is 6.92 Å². The van der Waals surface area contributed by atoms with Gasteiger partial charge >= 0.3 is 5.97 Å². The van der Waals surface area contributed by atoms with Crippen molar-refractivity contribution in [3.05, 3.63) is 39.9 Å². The molecule has 0 unspecified atom stereocenters. The number of thiazole rings is 1. The van der Waals surface area contributed by atoms with Gasteiger partial charge in [0.1, 0.15) is 5.01 Å². The second kappa shape index (κ2) is 6.86. The van der Waals surface area contributed by atoms with Crippen LogP contribution in [0.25, 0.3) is 10.6 Å². The van der Waals surface area contributed by atoms with Gasteiger partial charge in [-0.1, -0.05) is 23.7 Å². The van der Waals surface area contributed by atoms with Crippen LogP contribution in [0.1, 0.15) is 24.6 Å². The maximum Gasteiger partial charge on any atom is 0.306 e. The summed E-state index contributed by atoms with van der Waals surface area (Å²) in [4.78, 5) is 15.8. The molecular formula is C15H16ClNO2S. The number of ether oxygens (including phenoxy) is 1. The number of carbonyl (C=O) groups is 1. The van der Waals surface area contributed by atoms with Gasteiger partial charge in [0.2, 0.25) is 0 Å². The molecule has 5 heteroatoms. The van der Waals surface area contributed by atoms with Crippen LogP contribution >= 0.6 is 22.9 Å². The van der Waals surface area contributed by atoms with Crippen molar-refractivity contribution in [3.63, 3.8) is 0 Å². The number of aromatic nitrogens is 1. The summed E-state index contributed by atoms with van der Waals surface area (Å²) >= 11 is 7.68. The lowest BCUT2D eigenvalue weighted by molar-refractivity contribution is -0.143. The topological polar surface area (TPSA) is 39.2 Å². The van der Waals surface area contributed by atoms with Gasteiger partial charge in [-0.2, -0.15) is 0 Å². The van der Waals surface area contributed by atoms with E-state index in [1.54, 1.807) is 18.3 Å². The van der Waals surface area contributed by atoms with Gasteiger partial charge in [0.15, 0.2) is 0 Å². The first-order valence-corrected chi connectivity index (χ1v) is 7.72. The van der Waals surface area contributed by atoms with Crippen LogP contribution in [-0.2, 0) is 16.0 Å². The van der Waals surface area contributed by atoms with E-state index in [0.717, 1.165) is 26.9 Å². The number of halogens is 1. The molecular weight excluding hydrogens is 294 g/mol. The molecule has 0 fully saturated rings. The van der Waals surface area contributed by atoms with Crippen LogP contribution < -0.4 is 0 Å². The summed E-state index contributed by atoms with van der Waals surface area (Å²) in [6, 6.07) is 5.91. The summed E-state index contributed by atoms with van der Waals surface area (Å²) in [5.74, 6) is -0.180. The Kier molecular flexibility index (Phi) is 5.15. The van der Waals surface area contributed by atoms with Crippen LogP contribution in [0.2, 0.25) is 5.02 Å². The first-order chi connectivity index (χ1) is 9.60. The Morgan fingerprint density at radius 1 is 1.45 bits per heavy atom. The Morgan fingerprint density at radius 3 is 2.95 bits per heavy atom. The van der Waals surface area contributed by atoms with Crippen molar-refractivity contribution in [1.82, 2.24) is 4.98 Å². The van der Waals surface area contributed by atoms with Crippen molar-refractivity contribution >= 4 is 28.9 Å². The lowest BCUT2D eigenvalue weighted by Crippen LogP contribution is -2.05. The first-order valence-electron chi connectivity index (χ1n) is 6.46. The van der Waals surface area contributed by atoms with Crippen molar-refractivity contribution in [2.45, 2.75) is 26.7 Å². The smallest absolute Gasteiger partial charge is 0.306 e. The van der Waals surface area contributed by atoms with E-state index in [4.69, 9.17) is 16.3 Å². The predicted octanol–water partition coefficient (Wildman–Crippen LogP) is 4.27. The van der Waals surface area contributed by atoms with Crippen molar-refractivity contribution in [2.75, 3.05) is 6.61 Å². The Labute approximate surface area is 127 Å². The third kappa shape index (κ3) is 3.81. The molecule has 0 saturated heterocycles. The quantitative estimate of drug-likeness (QED) is 0.774. The van der Waals surface area contributed by atoms with E-state index in [9.17, 15) is 4.79 Å². The number of hydrogen-bond donors (Lipinski definition) is 0. The average Bonchev–Trinajstić information content (AvgIpc) is 2.89. The third-order valence-corrected chi connectivity index (χ3v) is 4.21. The minimum absolute atomic E-state index is 0.180. The van der Waals surface area contributed by atoms with Crippen LogP contribution in [0.5, 0.6) is 0 Å². The van der Waals surface area contributed by atoms with Crippen LogP contribution in [0.15, 0.2) is 23.6 Å². The summed E-state index contributed by atoms with van der Waals surface area (Å²) < 4.78 is 4.90. The minimum atomic E-state index is -0.180. The second-order valence-corrected chi connectivity index (χ2v) is 5.68. The molecule has 0 aliphatic heterocycles. The molecule has 0 amide bonds. The first kappa shape index (κ1) is 15.0. The van der Waals surface area contributed by atoms with Crippen molar-refractivity contribution in [3.8, 4) is 10.6 Å². The summed E-state index contributed by atoms with van der Waals surface area (Å²) in [7, 11) is 0. The number of hydrogen-bond acceptors (Lipinski definition) is 4. The molecule has 0 spiro atoms. The molecule has 2 rings (SSSR count). The SMILES string of the molecule is CCOC(=O)CCc1csc(-c2ccc(C)c(Cl)c2)n1. The molecule has 0 aliphatic rings. The molecule has 1 aromatic heterocycles. The standard InChI is InChI=1S/C15H16ClNO2S/c1-3-19-14(18)7-6-12-9-20-15(17-12)11-5-4-10(2)13(16)8-11/h4-5,8-9H,3,6-7H2,1-2H3. The van der Waals surface area contributed by atoms with E-state index in [1.807, 2.05) is 30.5 Å². The van der Waals surface area contributed by atoms with Gasteiger partial charge < -0.3 is 4.74 Å². The van der Waals surface area contributed by atoms with Crippen molar-refractivity contribution in [2.24, 2.45) is 0 Å². The molecule has 1 aromatic carbocycles. The fourth-order valence-electron chi connectivity index (χ4n) is 1.74. The van der Waals surface area contributed by atoms with Crippen LogP contribution in [0.3, 0.4) is 0 Å². The third-order valence-electron chi connectivity index (χ3n) is 2.86. The van der Waals surface area contributed by atoms with E-state index >= 15 is 0 Å². The maximum atomic E-state index is 11.3. The molecule has 0 saturated carbocycles. The zero-order chi connectivity index (χ0) is 14.5. The Bertz CT molecular complexity index is 610. The molecule has 0 N–H and O–H groups in total. The van der Waals surface area contributed by atoms with Gasteiger partial charge in [0.05, 0.1) is 18.7 Å². The van der Waals surface area contributed by atoms with Gasteiger partial charge in [0, 0.05) is 22.4 Å². The number of aryl methyl sites for hydroxylation is 2. The van der Waals surface area contributed by atoms with Gasteiger partial charge in [-0.3, -0.25) is 4.79 Å². The minimum Gasteiger partial charge on any atom is -0.466 e. The molecule has 2 aromatic rings. The molecule has 1 heterocycles. The second-order valence-electron chi connectivity index (χ2n) is 4.41. The Balaban J connectivity index is 2.05. The lowest BCUT2D eigenvalue weighted by atomic mass is 10.1. The molecule has 20 heavy (non-hydrogen) atoms. The largest absolute Gasteiger partial charge is 0.466 e. The molecule has 3 nitrogen and oxygen atoms in total. The fraction of sp³-hybridized carbons (Fsp3) is 0.333. The van der Waals surface area contributed by atoms with E-state index in [1.165, 1.54) is 0 Å². The highest BCUT2D eigenvalue weighted by atomic mass is 35.5. The molecule has 0 atom stereocenters. The van der Waals surface area contributed by atoms with Gasteiger partial charge in [-0.15, -0.1) is 11.3 Å². The molecule has 0 radical (unpaired) electrons. The number of esters is 1. The van der Waals surface area contributed by atoms with Crippen molar-refractivity contribution in [1.29, 1.82) is 0 Å². The van der Waals surface area contributed by atoms with E-state index in [-0.39, 0.29) is 5.97 Å². The van der Waals surface area contributed by atoms with E-state index < -0.39 is 0 Å².